The predicted octanol–water partition coefficient (Wildman–Crippen LogP) is 5.05. The topological polar surface area (TPSA) is 44.2 Å². The van der Waals surface area contributed by atoms with Crippen LogP contribution in [0.3, 0.4) is 0 Å². The minimum absolute atomic E-state index is 0.324. The Hall–Kier alpha value is -2.62. The van der Waals surface area contributed by atoms with Crippen LogP contribution in [0.5, 0.6) is 11.5 Å². The third kappa shape index (κ3) is 3.29. The molecule has 0 bridgehead atoms. The van der Waals surface area contributed by atoms with E-state index in [1.165, 1.54) is 5.56 Å². The van der Waals surface area contributed by atoms with Gasteiger partial charge in [0, 0.05) is 6.20 Å². The van der Waals surface area contributed by atoms with Crippen molar-refractivity contribution in [3.63, 3.8) is 0 Å². The lowest BCUT2D eigenvalue weighted by Gasteiger charge is -2.16. The Bertz CT molecular complexity index is 894. The molecule has 0 fully saturated rings. The molecule has 3 aromatic rings. The van der Waals surface area contributed by atoms with Crippen molar-refractivity contribution in [3.8, 4) is 11.5 Å². The zero-order chi connectivity index (χ0) is 17.2. The Labute approximate surface area is 147 Å². The van der Waals surface area contributed by atoms with Crippen LogP contribution < -0.4 is 9.47 Å². The fourth-order valence-electron chi connectivity index (χ4n) is 3.24. The molecule has 4 rings (SSSR count). The minimum atomic E-state index is 0.324. The lowest BCUT2D eigenvalue weighted by Crippen LogP contribution is -2.02. The number of nitrogens with zero attached hydrogens (tertiary/aromatic N) is 2. The smallest absolute Gasteiger partial charge is 0.231 e. The van der Waals surface area contributed by atoms with Crippen LogP contribution in [0.1, 0.15) is 49.8 Å². The van der Waals surface area contributed by atoms with Gasteiger partial charge in [0.15, 0.2) is 11.5 Å². The highest BCUT2D eigenvalue weighted by atomic mass is 16.7. The lowest BCUT2D eigenvalue weighted by molar-refractivity contribution is 0.174. The molecule has 0 aliphatic carbocycles. The molecule has 1 aliphatic rings. The summed E-state index contributed by atoms with van der Waals surface area (Å²) in [7, 11) is 0. The molecule has 1 aromatic heterocycles. The number of hydrogen-bond donors (Lipinski definition) is 0. The first-order valence-corrected chi connectivity index (χ1v) is 8.82. The van der Waals surface area contributed by atoms with E-state index in [4.69, 9.17) is 14.5 Å². The molecule has 2 unspecified atom stereocenters. The van der Waals surface area contributed by atoms with Crippen LogP contribution in [0.15, 0.2) is 48.7 Å². The number of fused-ring (bicyclic) bond motifs is 2. The van der Waals surface area contributed by atoms with Gasteiger partial charge in [0.2, 0.25) is 6.79 Å². The first-order valence-electron chi connectivity index (χ1n) is 8.82. The van der Waals surface area contributed by atoms with Gasteiger partial charge in [-0.05, 0) is 54.5 Å². The van der Waals surface area contributed by atoms with Gasteiger partial charge in [-0.3, -0.25) is 4.98 Å². The first-order chi connectivity index (χ1) is 12.2. The quantitative estimate of drug-likeness (QED) is 0.655. The Morgan fingerprint density at radius 1 is 0.920 bits per heavy atom. The van der Waals surface area contributed by atoms with Crippen molar-refractivity contribution < 1.29 is 9.47 Å². The van der Waals surface area contributed by atoms with Crippen LogP contribution in [0.2, 0.25) is 0 Å². The average molecular weight is 334 g/mol. The Morgan fingerprint density at radius 3 is 2.56 bits per heavy atom. The number of benzene rings is 2. The molecule has 4 nitrogen and oxygen atoms in total. The summed E-state index contributed by atoms with van der Waals surface area (Å²) < 4.78 is 10.9. The lowest BCUT2D eigenvalue weighted by atomic mass is 9.91. The Balaban J connectivity index is 1.42. The molecule has 2 atom stereocenters. The molecule has 0 saturated heterocycles. The summed E-state index contributed by atoms with van der Waals surface area (Å²) in [6.45, 7) is 4.81. The molecule has 2 aromatic carbocycles. The van der Waals surface area contributed by atoms with E-state index in [1.54, 1.807) is 0 Å². The van der Waals surface area contributed by atoms with Gasteiger partial charge < -0.3 is 9.47 Å². The summed E-state index contributed by atoms with van der Waals surface area (Å²) in [6, 6.07) is 14.3. The standard InChI is InChI=1S/C21H22N2O2/c1-14(16-9-10-20-21(11-16)25-13-24-20)7-8-15(2)19-12-22-17-5-3-4-6-18(17)23-19/h3-6,9-12,14-15H,7-8,13H2,1-2H3. The summed E-state index contributed by atoms with van der Waals surface area (Å²) >= 11 is 0. The van der Waals surface area contributed by atoms with E-state index in [0.29, 0.717) is 18.6 Å². The number of hydrogen-bond acceptors (Lipinski definition) is 4. The Kier molecular flexibility index (Phi) is 4.26. The van der Waals surface area contributed by atoms with Crippen LogP contribution in [0.4, 0.5) is 0 Å². The van der Waals surface area contributed by atoms with Crippen molar-refractivity contribution in [1.82, 2.24) is 9.97 Å². The van der Waals surface area contributed by atoms with Gasteiger partial charge in [-0.25, -0.2) is 4.98 Å². The normalized spacial score (nSPS) is 15.3. The highest BCUT2D eigenvalue weighted by Gasteiger charge is 2.17. The molecule has 0 spiro atoms. The molecule has 0 N–H and O–H groups in total. The molecular weight excluding hydrogens is 312 g/mol. The number of ether oxygens (including phenoxy) is 2. The molecule has 4 heteroatoms. The second-order valence-electron chi connectivity index (χ2n) is 6.78. The van der Waals surface area contributed by atoms with Crippen LogP contribution >= 0.6 is 0 Å². The van der Waals surface area contributed by atoms with Crippen molar-refractivity contribution in [2.75, 3.05) is 6.79 Å². The summed E-state index contributed by atoms with van der Waals surface area (Å²) in [5.41, 5.74) is 4.28. The first kappa shape index (κ1) is 15.9. The van der Waals surface area contributed by atoms with Crippen molar-refractivity contribution in [2.24, 2.45) is 0 Å². The van der Waals surface area contributed by atoms with E-state index in [2.05, 4.69) is 31.0 Å². The molecular formula is C21H22N2O2. The van der Waals surface area contributed by atoms with Gasteiger partial charge in [0.25, 0.3) is 0 Å². The van der Waals surface area contributed by atoms with Gasteiger partial charge in [-0.15, -0.1) is 0 Å². The van der Waals surface area contributed by atoms with E-state index in [0.717, 1.165) is 41.1 Å². The van der Waals surface area contributed by atoms with E-state index < -0.39 is 0 Å². The van der Waals surface area contributed by atoms with Gasteiger partial charge in [0.05, 0.1) is 16.7 Å². The van der Waals surface area contributed by atoms with E-state index in [9.17, 15) is 0 Å². The number of aromatic nitrogens is 2. The fourth-order valence-corrected chi connectivity index (χ4v) is 3.24. The molecule has 25 heavy (non-hydrogen) atoms. The third-order valence-corrected chi connectivity index (χ3v) is 4.97. The zero-order valence-electron chi connectivity index (χ0n) is 14.6. The summed E-state index contributed by atoms with van der Waals surface area (Å²) in [6.07, 6.45) is 4.08. The van der Waals surface area contributed by atoms with Gasteiger partial charge in [-0.2, -0.15) is 0 Å². The maximum atomic E-state index is 5.48. The van der Waals surface area contributed by atoms with Crippen molar-refractivity contribution in [1.29, 1.82) is 0 Å². The van der Waals surface area contributed by atoms with E-state index in [-0.39, 0.29) is 0 Å². The second kappa shape index (κ2) is 6.71. The third-order valence-electron chi connectivity index (χ3n) is 4.97. The van der Waals surface area contributed by atoms with E-state index in [1.807, 2.05) is 36.5 Å². The second-order valence-corrected chi connectivity index (χ2v) is 6.78. The maximum Gasteiger partial charge on any atom is 0.231 e. The Morgan fingerprint density at radius 2 is 1.68 bits per heavy atom. The van der Waals surface area contributed by atoms with Crippen LogP contribution in [0.25, 0.3) is 11.0 Å². The summed E-state index contributed by atoms with van der Waals surface area (Å²) in [5.74, 6) is 2.55. The van der Waals surface area contributed by atoms with Crippen LogP contribution in [-0.4, -0.2) is 16.8 Å². The molecule has 0 radical (unpaired) electrons. The van der Waals surface area contributed by atoms with Gasteiger partial charge in [0.1, 0.15) is 0 Å². The molecule has 1 aliphatic heterocycles. The number of rotatable bonds is 5. The van der Waals surface area contributed by atoms with Crippen molar-refractivity contribution in [2.45, 2.75) is 38.5 Å². The minimum Gasteiger partial charge on any atom is -0.454 e. The fraction of sp³-hybridized carbons (Fsp3) is 0.333. The van der Waals surface area contributed by atoms with Crippen molar-refractivity contribution in [3.05, 3.63) is 59.9 Å². The van der Waals surface area contributed by atoms with Gasteiger partial charge >= 0.3 is 0 Å². The van der Waals surface area contributed by atoms with Crippen molar-refractivity contribution >= 4 is 11.0 Å². The SMILES string of the molecule is CC(CCC(C)c1cnc2ccccc2n1)c1ccc2c(c1)OCO2. The molecule has 128 valence electrons. The van der Waals surface area contributed by atoms with E-state index >= 15 is 0 Å². The largest absolute Gasteiger partial charge is 0.454 e. The molecule has 2 heterocycles. The average Bonchev–Trinajstić information content (AvgIpc) is 3.13. The summed E-state index contributed by atoms with van der Waals surface area (Å²) in [4.78, 5) is 9.31. The zero-order valence-corrected chi connectivity index (χ0v) is 14.6. The highest BCUT2D eigenvalue weighted by Crippen LogP contribution is 2.36. The monoisotopic (exact) mass is 334 g/mol. The van der Waals surface area contributed by atoms with Crippen LogP contribution in [-0.2, 0) is 0 Å². The molecule has 0 saturated carbocycles. The predicted molar refractivity (Wildman–Crippen MR) is 98.2 cm³/mol. The summed E-state index contributed by atoms with van der Waals surface area (Å²) in [5, 5.41) is 0. The maximum absolute atomic E-state index is 5.48. The number of para-hydroxylation sites is 2. The molecule has 0 amide bonds. The van der Waals surface area contributed by atoms with Crippen LogP contribution in [0, 0.1) is 0 Å². The highest BCUT2D eigenvalue weighted by molar-refractivity contribution is 5.73. The van der Waals surface area contributed by atoms with Gasteiger partial charge in [-0.1, -0.05) is 32.0 Å².